The molecule has 0 spiro atoms. The predicted molar refractivity (Wildman–Crippen MR) is 108 cm³/mol. The molecule has 1 aromatic carbocycles. The number of piperazine rings is 1. The summed E-state index contributed by atoms with van der Waals surface area (Å²) < 4.78 is 13.1. The summed E-state index contributed by atoms with van der Waals surface area (Å²) in [5.74, 6) is 2.78. The standard InChI is InChI=1S/C21H30N6O2/c1-2-18(21-22-23-24-27(21)17-5-3-4-6-17)26-11-9-25(10-12-26)14-16-7-8-19-20(13-16)29-15-28-19/h7-8,13,17-18H,2-6,9-12,14-15H2,1H3/t18-/m1/s1. The molecule has 8 heteroatoms. The number of rotatable bonds is 6. The zero-order chi connectivity index (χ0) is 19.6. The molecule has 3 heterocycles. The molecular formula is C21H30N6O2. The Balaban J connectivity index is 1.21. The molecule has 156 valence electrons. The van der Waals surface area contributed by atoms with E-state index in [-0.39, 0.29) is 0 Å². The molecule has 0 bridgehead atoms. The lowest BCUT2D eigenvalue weighted by Gasteiger charge is -2.38. The Morgan fingerprint density at radius 3 is 2.66 bits per heavy atom. The van der Waals surface area contributed by atoms with Gasteiger partial charge in [-0.3, -0.25) is 9.80 Å². The van der Waals surface area contributed by atoms with E-state index in [1.165, 1.54) is 31.2 Å². The largest absolute Gasteiger partial charge is 0.454 e. The maximum Gasteiger partial charge on any atom is 0.231 e. The molecule has 0 unspecified atom stereocenters. The zero-order valence-corrected chi connectivity index (χ0v) is 17.2. The summed E-state index contributed by atoms with van der Waals surface area (Å²) in [6.45, 7) is 7.71. The van der Waals surface area contributed by atoms with Gasteiger partial charge in [-0.05, 0) is 47.4 Å². The van der Waals surface area contributed by atoms with Gasteiger partial charge in [-0.2, -0.15) is 0 Å². The van der Waals surface area contributed by atoms with E-state index in [4.69, 9.17) is 9.47 Å². The molecule has 1 aromatic heterocycles. The number of benzene rings is 1. The van der Waals surface area contributed by atoms with Crippen molar-refractivity contribution in [2.24, 2.45) is 0 Å². The molecule has 2 aromatic rings. The first kappa shape index (κ1) is 18.8. The van der Waals surface area contributed by atoms with E-state index in [1.807, 2.05) is 6.07 Å². The first-order valence-corrected chi connectivity index (χ1v) is 10.9. The Hall–Kier alpha value is -2.19. The number of hydrogen-bond donors (Lipinski definition) is 0. The number of hydrogen-bond acceptors (Lipinski definition) is 7. The maximum absolute atomic E-state index is 5.52. The molecule has 1 aliphatic carbocycles. The monoisotopic (exact) mass is 398 g/mol. The first-order chi connectivity index (χ1) is 14.3. The average Bonchev–Trinajstić information content (AvgIpc) is 3.51. The Morgan fingerprint density at radius 1 is 1.07 bits per heavy atom. The molecule has 2 fully saturated rings. The number of aromatic nitrogens is 4. The maximum atomic E-state index is 5.52. The van der Waals surface area contributed by atoms with Gasteiger partial charge in [0.15, 0.2) is 17.3 Å². The van der Waals surface area contributed by atoms with Gasteiger partial charge in [0, 0.05) is 32.7 Å². The van der Waals surface area contributed by atoms with Crippen molar-refractivity contribution in [2.75, 3.05) is 33.0 Å². The van der Waals surface area contributed by atoms with Gasteiger partial charge in [0.05, 0.1) is 12.1 Å². The lowest BCUT2D eigenvalue weighted by molar-refractivity contribution is 0.0833. The molecule has 1 saturated carbocycles. The lowest BCUT2D eigenvalue weighted by atomic mass is 10.1. The first-order valence-electron chi connectivity index (χ1n) is 10.9. The Kier molecular flexibility index (Phi) is 5.37. The van der Waals surface area contributed by atoms with Crippen LogP contribution in [0.1, 0.15) is 62.5 Å². The highest BCUT2D eigenvalue weighted by Gasteiger charge is 2.30. The van der Waals surface area contributed by atoms with Crippen LogP contribution in [0.4, 0.5) is 0 Å². The van der Waals surface area contributed by atoms with Crippen molar-refractivity contribution in [1.82, 2.24) is 30.0 Å². The fourth-order valence-electron chi connectivity index (χ4n) is 4.96. The summed E-state index contributed by atoms with van der Waals surface area (Å²) in [7, 11) is 0. The van der Waals surface area contributed by atoms with Crippen molar-refractivity contribution in [3.05, 3.63) is 29.6 Å². The topological polar surface area (TPSA) is 68.5 Å². The lowest BCUT2D eigenvalue weighted by Crippen LogP contribution is -2.47. The van der Waals surface area contributed by atoms with Gasteiger partial charge in [0.25, 0.3) is 0 Å². The van der Waals surface area contributed by atoms with E-state index in [9.17, 15) is 0 Å². The summed E-state index contributed by atoms with van der Waals surface area (Å²) in [6.07, 6.45) is 6.03. The smallest absolute Gasteiger partial charge is 0.231 e. The molecule has 2 aliphatic heterocycles. The highest BCUT2D eigenvalue weighted by molar-refractivity contribution is 5.44. The molecule has 0 amide bonds. The van der Waals surface area contributed by atoms with E-state index >= 15 is 0 Å². The summed E-state index contributed by atoms with van der Waals surface area (Å²) in [6, 6.07) is 7.06. The summed E-state index contributed by atoms with van der Waals surface area (Å²) in [4.78, 5) is 5.08. The second-order valence-corrected chi connectivity index (χ2v) is 8.34. The number of tetrazole rings is 1. The minimum absolute atomic E-state index is 0.304. The Morgan fingerprint density at radius 2 is 1.86 bits per heavy atom. The van der Waals surface area contributed by atoms with Gasteiger partial charge in [-0.25, -0.2) is 4.68 Å². The molecule has 5 rings (SSSR count). The number of nitrogens with zero attached hydrogens (tertiary/aromatic N) is 6. The normalized spacial score (nSPS) is 21.7. The Labute approximate surface area is 171 Å². The van der Waals surface area contributed by atoms with Crippen LogP contribution < -0.4 is 9.47 Å². The van der Waals surface area contributed by atoms with Crippen molar-refractivity contribution >= 4 is 0 Å². The van der Waals surface area contributed by atoms with Crippen LogP contribution in [0, 0.1) is 0 Å². The second kappa shape index (κ2) is 8.28. The molecular weight excluding hydrogens is 368 g/mol. The third-order valence-corrected chi connectivity index (χ3v) is 6.56. The minimum Gasteiger partial charge on any atom is -0.454 e. The van der Waals surface area contributed by atoms with E-state index in [2.05, 4.69) is 49.1 Å². The molecule has 8 nitrogen and oxygen atoms in total. The van der Waals surface area contributed by atoms with Crippen LogP contribution in [-0.4, -0.2) is 63.0 Å². The summed E-state index contributed by atoms with van der Waals surface area (Å²) >= 11 is 0. The van der Waals surface area contributed by atoms with E-state index in [0.29, 0.717) is 18.9 Å². The van der Waals surface area contributed by atoms with Crippen molar-refractivity contribution in [2.45, 2.75) is 57.7 Å². The number of ether oxygens (including phenoxy) is 2. The van der Waals surface area contributed by atoms with Crippen LogP contribution in [0.5, 0.6) is 11.5 Å². The van der Waals surface area contributed by atoms with Crippen LogP contribution in [-0.2, 0) is 6.54 Å². The van der Waals surface area contributed by atoms with Crippen molar-refractivity contribution in [3.63, 3.8) is 0 Å². The van der Waals surface area contributed by atoms with Crippen molar-refractivity contribution in [3.8, 4) is 11.5 Å². The Bertz CT molecular complexity index is 826. The summed E-state index contributed by atoms with van der Waals surface area (Å²) in [5, 5.41) is 12.8. The molecule has 3 aliphatic rings. The third kappa shape index (κ3) is 3.83. The van der Waals surface area contributed by atoms with E-state index in [1.54, 1.807) is 0 Å². The third-order valence-electron chi connectivity index (χ3n) is 6.56. The number of fused-ring (bicyclic) bond motifs is 1. The van der Waals surface area contributed by atoms with Gasteiger partial charge >= 0.3 is 0 Å². The SMILES string of the molecule is CC[C@H](c1nnnn1C1CCCC1)N1CCN(Cc2ccc3c(c2)OCO3)CC1. The van der Waals surface area contributed by atoms with Gasteiger partial charge in [0.2, 0.25) is 6.79 Å². The molecule has 1 saturated heterocycles. The minimum atomic E-state index is 0.304. The fourth-order valence-corrected chi connectivity index (χ4v) is 4.96. The zero-order valence-electron chi connectivity index (χ0n) is 17.2. The predicted octanol–water partition coefficient (Wildman–Crippen LogP) is 2.79. The van der Waals surface area contributed by atoms with Crippen LogP contribution in [0.15, 0.2) is 18.2 Å². The van der Waals surface area contributed by atoms with Crippen LogP contribution in [0.3, 0.4) is 0 Å². The van der Waals surface area contributed by atoms with Crippen LogP contribution in [0.2, 0.25) is 0 Å². The van der Waals surface area contributed by atoms with Crippen LogP contribution in [0.25, 0.3) is 0 Å². The summed E-state index contributed by atoms with van der Waals surface area (Å²) in [5.41, 5.74) is 1.28. The fraction of sp³-hybridized carbons (Fsp3) is 0.667. The molecule has 0 N–H and O–H groups in total. The average molecular weight is 399 g/mol. The van der Waals surface area contributed by atoms with Crippen molar-refractivity contribution < 1.29 is 9.47 Å². The van der Waals surface area contributed by atoms with Gasteiger partial charge in [-0.15, -0.1) is 5.10 Å². The van der Waals surface area contributed by atoms with E-state index in [0.717, 1.165) is 56.5 Å². The molecule has 29 heavy (non-hydrogen) atoms. The van der Waals surface area contributed by atoms with Gasteiger partial charge in [0.1, 0.15) is 0 Å². The molecule has 1 atom stereocenters. The van der Waals surface area contributed by atoms with Crippen molar-refractivity contribution in [1.29, 1.82) is 0 Å². The molecule has 0 radical (unpaired) electrons. The van der Waals surface area contributed by atoms with Gasteiger partial charge in [-0.1, -0.05) is 25.8 Å². The quantitative estimate of drug-likeness (QED) is 0.741. The highest BCUT2D eigenvalue weighted by Crippen LogP contribution is 2.34. The van der Waals surface area contributed by atoms with Gasteiger partial charge < -0.3 is 9.47 Å². The van der Waals surface area contributed by atoms with Crippen LogP contribution >= 0.6 is 0 Å². The highest BCUT2D eigenvalue weighted by atomic mass is 16.7. The second-order valence-electron chi connectivity index (χ2n) is 8.34. The van der Waals surface area contributed by atoms with E-state index < -0.39 is 0 Å².